The first kappa shape index (κ1) is 24.7. The van der Waals surface area contributed by atoms with E-state index in [2.05, 4.69) is 5.32 Å². The first-order valence-corrected chi connectivity index (χ1v) is 11.2. The maximum absolute atomic E-state index is 13.2. The van der Waals surface area contributed by atoms with Gasteiger partial charge in [0.1, 0.15) is 5.82 Å². The second kappa shape index (κ2) is 9.90. The van der Waals surface area contributed by atoms with Crippen LogP contribution < -0.4 is 5.32 Å². The Hall–Kier alpha value is -2.95. The van der Waals surface area contributed by atoms with Crippen LogP contribution in [0, 0.1) is 5.82 Å². The number of sulfonamides is 1. The van der Waals surface area contributed by atoms with E-state index >= 15 is 0 Å². The van der Waals surface area contributed by atoms with Crippen molar-refractivity contribution < 1.29 is 30.8 Å². The molecule has 0 aromatic heterocycles. The van der Waals surface area contributed by atoms with Gasteiger partial charge in [-0.3, -0.25) is 4.79 Å². The topological polar surface area (TPSA) is 66.5 Å². The number of nitrogens with one attached hydrogen (secondary N) is 1. The highest BCUT2D eigenvalue weighted by Crippen LogP contribution is 2.34. The van der Waals surface area contributed by atoms with Gasteiger partial charge < -0.3 is 5.32 Å². The number of benzene rings is 3. The van der Waals surface area contributed by atoms with Crippen molar-refractivity contribution in [1.29, 1.82) is 0 Å². The Morgan fingerprint density at radius 3 is 2.21 bits per heavy atom. The van der Waals surface area contributed by atoms with Crippen LogP contribution in [0.4, 0.5) is 23.2 Å². The molecule has 0 aliphatic rings. The quantitative estimate of drug-likeness (QED) is 0.446. The minimum Gasteiger partial charge on any atom is -0.324 e. The number of carbonyl (C=O) groups is 1. The van der Waals surface area contributed by atoms with Gasteiger partial charge in [0.05, 0.1) is 27.7 Å². The summed E-state index contributed by atoms with van der Waals surface area (Å²) < 4.78 is 79.3. The summed E-state index contributed by atoms with van der Waals surface area (Å²) in [4.78, 5) is 12.6. The molecule has 0 bridgehead atoms. The van der Waals surface area contributed by atoms with E-state index in [1.54, 1.807) is 6.07 Å². The van der Waals surface area contributed by atoms with Crippen molar-refractivity contribution in [3.8, 4) is 0 Å². The lowest BCUT2D eigenvalue weighted by Crippen LogP contribution is -2.37. The first-order valence-electron chi connectivity index (χ1n) is 9.43. The van der Waals surface area contributed by atoms with Crippen LogP contribution in [0.1, 0.15) is 11.1 Å². The number of rotatable bonds is 7. The van der Waals surface area contributed by atoms with E-state index in [1.807, 2.05) is 0 Å². The van der Waals surface area contributed by atoms with Crippen LogP contribution in [0.2, 0.25) is 5.02 Å². The molecule has 3 aromatic carbocycles. The largest absolute Gasteiger partial charge is 0.416 e. The van der Waals surface area contributed by atoms with Gasteiger partial charge >= 0.3 is 6.18 Å². The second-order valence-corrected chi connectivity index (χ2v) is 9.30. The summed E-state index contributed by atoms with van der Waals surface area (Å²) in [5.74, 6) is -1.43. The fraction of sp³-hybridized carbons (Fsp3) is 0.136. The fourth-order valence-corrected chi connectivity index (χ4v) is 4.48. The number of nitrogens with zero attached hydrogens (tertiary/aromatic N) is 1. The standard InChI is InChI=1S/C22H17ClF4N2O3S/c23-19-11-8-16(22(25,26)27)12-20(19)28-21(30)14-29(13-15-6-9-17(24)10-7-15)33(31,32)18-4-2-1-3-5-18/h1-12H,13-14H2,(H,28,30). The summed E-state index contributed by atoms with van der Waals surface area (Å²) in [7, 11) is -4.17. The molecule has 0 saturated carbocycles. The van der Waals surface area contributed by atoms with Crippen molar-refractivity contribution in [3.63, 3.8) is 0 Å². The third-order valence-corrected chi connectivity index (χ3v) is 6.68. The zero-order valence-corrected chi connectivity index (χ0v) is 18.4. The van der Waals surface area contributed by atoms with E-state index in [1.165, 1.54) is 36.4 Å². The van der Waals surface area contributed by atoms with Crippen molar-refractivity contribution in [2.45, 2.75) is 17.6 Å². The highest BCUT2D eigenvalue weighted by atomic mass is 35.5. The van der Waals surface area contributed by atoms with Gasteiger partial charge in [-0.15, -0.1) is 0 Å². The first-order chi connectivity index (χ1) is 15.5. The highest BCUT2D eigenvalue weighted by Gasteiger charge is 2.31. The summed E-state index contributed by atoms with van der Waals surface area (Å²) in [5, 5.41) is 2.09. The van der Waals surface area contributed by atoms with Crippen molar-refractivity contribution in [1.82, 2.24) is 4.31 Å². The van der Waals surface area contributed by atoms with Gasteiger partial charge in [0.15, 0.2) is 0 Å². The Labute approximate surface area is 192 Å². The minimum absolute atomic E-state index is 0.0861. The molecule has 0 fully saturated rings. The molecule has 0 aliphatic carbocycles. The van der Waals surface area contributed by atoms with Crippen LogP contribution in [0.5, 0.6) is 0 Å². The summed E-state index contributed by atoms with van der Waals surface area (Å²) in [6.45, 7) is -0.998. The summed E-state index contributed by atoms with van der Waals surface area (Å²) in [6.07, 6.45) is -4.66. The summed E-state index contributed by atoms with van der Waals surface area (Å²) >= 11 is 5.91. The minimum atomic E-state index is -4.66. The number of alkyl halides is 3. The average molecular weight is 501 g/mol. The molecule has 1 amide bonds. The van der Waals surface area contributed by atoms with Crippen molar-refractivity contribution in [2.24, 2.45) is 0 Å². The van der Waals surface area contributed by atoms with E-state index < -0.39 is 40.0 Å². The molecule has 0 saturated heterocycles. The molecule has 0 radical (unpaired) electrons. The number of carbonyl (C=O) groups excluding carboxylic acids is 1. The lowest BCUT2D eigenvalue weighted by atomic mass is 10.2. The second-order valence-electron chi connectivity index (χ2n) is 6.95. The molecule has 0 aliphatic heterocycles. The Morgan fingerprint density at radius 2 is 1.61 bits per heavy atom. The van der Waals surface area contributed by atoms with Crippen LogP contribution in [-0.4, -0.2) is 25.2 Å². The molecule has 5 nitrogen and oxygen atoms in total. The van der Waals surface area contributed by atoms with Crippen LogP contribution in [0.15, 0.2) is 77.7 Å². The summed E-state index contributed by atoms with van der Waals surface area (Å²) in [5.41, 5.74) is -0.932. The number of halogens is 5. The number of anilines is 1. The maximum Gasteiger partial charge on any atom is 0.416 e. The fourth-order valence-electron chi connectivity index (χ4n) is 2.91. The molecule has 3 rings (SSSR count). The van der Waals surface area contributed by atoms with Gasteiger partial charge in [0, 0.05) is 6.54 Å². The van der Waals surface area contributed by atoms with E-state index in [-0.39, 0.29) is 22.2 Å². The monoisotopic (exact) mass is 500 g/mol. The molecule has 0 atom stereocenters. The van der Waals surface area contributed by atoms with Crippen LogP contribution in [0.25, 0.3) is 0 Å². The van der Waals surface area contributed by atoms with Crippen LogP contribution in [0.3, 0.4) is 0 Å². The lowest BCUT2D eigenvalue weighted by Gasteiger charge is -2.22. The van der Waals surface area contributed by atoms with Gasteiger partial charge in [-0.05, 0) is 48.0 Å². The smallest absolute Gasteiger partial charge is 0.324 e. The van der Waals surface area contributed by atoms with Gasteiger partial charge in [0.25, 0.3) is 0 Å². The summed E-state index contributed by atoms with van der Waals surface area (Å²) in [6, 6.07) is 14.7. The molecule has 0 spiro atoms. The normalized spacial score (nSPS) is 12.1. The Bertz CT molecular complexity index is 1230. The van der Waals surface area contributed by atoms with Crippen LogP contribution in [-0.2, 0) is 27.5 Å². The van der Waals surface area contributed by atoms with E-state index in [4.69, 9.17) is 11.6 Å². The molecule has 0 unspecified atom stereocenters. The Morgan fingerprint density at radius 1 is 0.970 bits per heavy atom. The van der Waals surface area contributed by atoms with Gasteiger partial charge in [-0.25, -0.2) is 12.8 Å². The molecule has 1 N–H and O–H groups in total. The zero-order chi connectivity index (χ0) is 24.2. The van der Waals surface area contributed by atoms with Gasteiger partial charge in [-0.2, -0.15) is 17.5 Å². The van der Waals surface area contributed by atoms with Gasteiger partial charge in [0.2, 0.25) is 15.9 Å². The third-order valence-electron chi connectivity index (χ3n) is 4.54. The predicted octanol–water partition coefficient (Wildman–Crippen LogP) is 5.33. The van der Waals surface area contributed by atoms with E-state index in [0.29, 0.717) is 11.6 Å². The molecular formula is C22H17ClF4N2O3S. The van der Waals surface area contributed by atoms with E-state index in [0.717, 1.165) is 28.6 Å². The average Bonchev–Trinajstić information content (AvgIpc) is 2.76. The van der Waals surface area contributed by atoms with Gasteiger partial charge in [-0.1, -0.05) is 41.9 Å². The Kier molecular flexibility index (Phi) is 7.41. The SMILES string of the molecule is O=C(CN(Cc1ccc(F)cc1)S(=O)(=O)c1ccccc1)Nc1cc(C(F)(F)F)ccc1Cl. The number of amides is 1. The van der Waals surface area contributed by atoms with E-state index in [9.17, 15) is 30.8 Å². The molecule has 11 heteroatoms. The predicted molar refractivity (Wildman–Crippen MR) is 116 cm³/mol. The Balaban J connectivity index is 1.88. The van der Waals surface area contributed by atoms with Crippen LogP contribution >= 0.6 is 11.6 Å². The maximum atomic E-state index is 13.2. The van der Waals surface area contributed by atoms with Crippen molar-refractivity contribution in [2.75, 3.05) is 11.9 Å². The highest BCUT2D eigenvalue weighted by molar-refractivity contribution is 7.89. The number of hydrogen-bond acceptors (Lipinski definition) is 3. The molecular weight excluding hydrogens is 484 g/mol. The zero-order valence-electron chi connectivity index (χ0n) is 16.8. The molecule has 3 aromatic rings. The molecule has 0 heterocycles. The van der Waals surface area contributed by atoms with Crippen molar-refractivity contribution in [3.05, 3.63) is 94.8 Å². The molecule has 174 valence electrons. The lowest BCUT2D eigenvalue weighted by molar-refractivity contribution is -0.137. The number of hydrogen-bond donors (Lipinski definition) is 1. The van der Waals surface area contributed by atoms with Crippen molar-refractivity contribution >= 4 is 33.2 Å². The molecule has 33 heavy (non-hydrogen) atoms. The third kappa shape index (κ3) is 6.31.